The fourth-order valence-corrected chi connectivity index (χ4v) is 4.03. The van der Waals surface area contributed by atoms with Crippen molar-refractivity contribution in [1.82, 2.24) is 9.88 Å². The quantitative estimate of drug-likeness (QED) is 0.612. The number of hydrogen-bond donors (Lipinski definition) is 1. The van der Waals surface area contributed by atoms with Gasteiger partial charge >= 0.3 is 0 Å². The Morgan fingerprint density at radius 1 is 1.22 bits per heavy atom. The number of amides is 1. The Kier molecular flexibility index (Phi) is 6.13. The van der Waals surface area contributed by atoms with Crippen LogP contribution in [-0.4, -0.2) is 10.5 Å². The van der Waals surface area contributed by atoms with Gasteiger partial charge in [0.25, 0.3) is 5.91 Å². The maximum Gasteiger partial charge on any atom is 0.262 e. The average molecular weight is 361 g/mol. The van der Waals surface area contributed by atoms with Gasteiger partial charge in [0, 0.05) is 24.0 Å². The number of aromatic nitrogens is 1. The lowest BCUT2D eigenvalue weighted by Crippen LogP contribution is -2.23. The Balaban J connectivity index is 1.77. The number of hydrogen-bond acceptors (Lipinski definition) is 2. The third-order valence-electron chi connectivity index (χ3n) is 5.42. The fourth-order valence-electron chi connectivity index (χ4n) is 4.03. The van der Waals surface area contributed by atoms with Crippen molar-refractivity contribution in [3.05, 3.63) is 64.5 Å². The van der Waals surface area contributed by atoms with Gasteiger partial charge in [0.2, 0.25) is 0 Å². The molecule has 0 bridgehead atoms. The van der Waals surface area contributed by atoms with Crippen LogP contribution in [-0.2, 0) is 11.3 Å². The van der Waals surface area contributed by atoms with Crippen LogP contribution in [0.5, 0.6) is 0 Å². The molecule has 0 saturated heterocycles. The molecular formula is C23H27N3O. The van der Waals surface area contributed by atoms with Gasteiger partial charge in [0.05, 0.1) is 0 Å². The second-order valence-corrected chi connectivity index (χ2v) is 7.33. The highest BCUT2D eigenvalue weighted by atomic mass is 16.1. The molecule has 1 aromatic carbocycles. The lowest BCUT2D eigenvalue weighted by Gasteiger charge is -2.26. The first-order valence-electron chi connectivity index (χ1n) is 9.72. The molecule has 3 rings (SSSR count). The maximum atomic E-state index is 12.4. The summed E-state index contributed by atoms with van der Waals surface area (Å²) in [6.45, 7) is 4.62. The summed E-state index contributed by atoms with van der Waals surface area (Å²) in [5.74, 6) is -0.330. The minimum absolute atomic E-state index is 0.148. The first-order valence-corrected chi connectivity index (χ1v) is 9.72. The standard InChI is InChI=1S/C23H27N3O/c1-17-13-20(18(2)26(17)22-11-7-4-8-12-22)14-21(15-24)23(27)25-16-19-9-5-3-6-10-19/h3,5-6,9-10,13-14,22H,4,7-8,11-12,16H2,1-2H3,(H,25,27)/b21-14-. The molecule has 0 atom stereocenters. The number of nitrogens with zero attached hydrogens (tertiary/aromatic N) is 2. The van der Waals surface area contributed by atoms with Crippen LogP contribution in [0.4, 0.5) is 0 Å². The second kappa shape index (κ2) is 8.73. The third-order valence-corrected chi connectivity index (χ3v) is 5.42. The van der Waals surface area contributed by atoms with Gasteiger partial charge in [-0.05, 0) is 50.0 Å². The third kappa shape index (κ3) is 4.49. The Hall–Kier alpha value is -2.80. The predicted molar refractivity (Wildman–Crippen MR) is 108 cm³/mol. The van der Waals surface area contributed by atoms with Crippen LogP contribution in [0, 0.1) is 25.2 Å². The van der Waals surface area contributed by atoms with Gasteiger partial charge in [0.15, 0.2) is 0 Å². The van der Waals surface area contributed by atoms with Gasteiger partial charge in [-0.3, -0.25) is 4.79 Å². The Morgan fingerprint density at radius 3 is 2.59 bits per heavy atom. The number of aryl methyl sites for hydroxylation is 1. The van der Waals surface area contributed by atoms with E-state index >= 15 is 0 Å². The van der Waals surface area contributed by atoms with Gasteiger partial charge in [-0.25, -0.2) is 0 Å². The Bertz CT molecular complexity index is 865. The molecule has 0 radical (unpaired) electrons. The first-order chi connectivity index (χ1) is 13.1. The molecule has 1 aromatic heterocycles. The molecule has 4 nitrogen and oxygen atoms in total. The summed E-state index contributed by atoms with van der Waals surface area (Å²) < 4.78 is 2.39. The van der Waals surface area contributed by atoms with Crippen LogP contribution in [0.25, 0.3) is 6.08 Å². The van der Waals surface area contributed by atoms with E-state index in [2.05, 4.69) is 35.9 Å². The summed E-state index contributed by atoms with van der Waals surface area (Å²) in [7, 11) is 0. The van der Waals surface area contributed by atoms with Crippen LogP contribution in [0.15, 0.2) is 42.0 Å². The van der Waals surface area contributed by atoms with Crippen molar-refractivity contribution < 1.29 is 4.79 Å². The maximum absolute atomic E-state index is 12.4. The van der Waals surface area contributed by atoms with Crippen LogP contribution in [0.1, 0.15) is 60.7 Å². The zero-order chi connectivity index (χ0) is 19.2. The molecule has 1 fully saturated rings. The molecule has 1 heterocycles. The second-order valence-electron chi connectivity index (χ2n) is 7.33. The van der Waals surface area contributed by atoms with Gasteiger partial charge in [-0.15, -0.1) is 0 Å². The molecule has 1 N–H and O–H groups in total. The highest BCUT2D eigenvalue weighted by molar-refractivity contribution is 6.01. The molecule has 140 valence electrons. The van der Waals surface area contributed by atoms with E-state index in [0.29, 0.717) is 12.6 Å². The van der Waals surface area contributed by atoms with Crippen LogP contribution < -0.4 is 5.32 Å². The van der Waals surface area contributed by atoms with E-state index in [1.165, 1.54) is 37.8 Å². The summed E-state index contributed by atoms with van der Waals surface area (Å²) in [5, 5.41) is 12.3. The van der Waals surface area contributed by atoms with Gasteiger partial charge in [0.1, 0.15) is 11.6 Å². The first kappa shape index (κ1) is 19.0. The molecule has 1 aliphatic rings. The molecule has 4 heteroatoms. The SMILES string of the molecule is Cc1cc(/C=C(/C#N)C(=O)NCc2ccccc2)c(C)n1C1CCCCC1. The Morgan fingerprint density at radius 2 is 1.93 bits per heavy atom. The van der Waals surface area contributed by atoms with E-state index in [1.54, 1.807) is 6.08 Å². The fraction of sp³-hybridized carbons (Fsp3) is 0.391. The number of nitriles is 1. The summed E-state index contributed by atoms with van der Waals surface area (Å²) >= 11 is 0. The van der Waals surface area contributed by atoms with Gasteiger partial charge in [-0.1, -0.05) is 49.6 Å². The summed E-state index contributed by atoms with van der Waals surface area (Å²) in [6.07, 6.45) is 8.02. The van der Waals surface area contributed by atoms with Crippen LogP contribution in [0.3, 0.4) is 0 Å². The Labute approximate surface area is 161 Å². The summed E-state index contributed by atoms with van der Waals surface area (Å²) in [4.78, 5) is 12.4. The molecule has 2 aromatic rings. The molecule has 0 unspecified atom stereocenters. The predicted octanol–water partition coefficient (Wildman–Crippen LogP) is 4.83. The molecule has 0 aliphatic heterocycles. The smallest absolute Gasteiger partial charge is 0.262 e. The van der Waals surface area contributed by atoms with Gasteiger partial charge < -0.3 is 9.88 Å². The van der Waals surface area contributed by atoms with Crippen molar-refractivity contribution in [3.63, 3.8) is 0 Å². The van der Waals surface area contributed by atoms with Crippen molar-refractivity contribution in [2.45, 2.75) is 58.5 Å². The van der Waals surface area contributed by atoms with Crippen LogP contribution in [0.2, 0.25) is 0 Å². The van der Waals surface area contributed by atoms with Crippen molar-refractivity contribution in [3.8, 4) is 6.07 Å². The molecule has 0 spiro atoms. The lowest BCUT2D eigenvalue weighted by molar-refractivity contribution is -0.117. The van der Waals surface area contributed by atoms with Gasteiger partial charge in [-0.2, -0.15) is 5.26 Å². The minimum atomic E-state index is -0.330. The lowest BCUT2D eigenvalue weighted by atomic mass is 9.95. The zero-order valence-electron chi connectivity index (χ0n) is 16.2. The molecule has 27 heavy (non-hydrogen) atoms. The monoisotopic (exact) mass is 361 g/mol. The van der Waals surface area contributed by atoms with Crippen molar-refractivity contribution in [2.75, 3.05) is 0 Å². The number of rotatable bonds is 5. The van der Waals surface area contributed by atoms with Crippen molar-refractivity contribution in [1.29, 1.82) is 5.26 Å². The number of nitrogens with one attached hydrogen (secondary N) is 1. The highest BCUT2D eigenvalue weighted by Crippen LogP contribution is 2.32. The average Bonchev–Trinajstić information content (AvgIpc) is 2.98. The van der Waals surface area contributed by atoms with E-state index in [1.807, 2.05) is 30.3 Å². The van der Waals surface area contributed by atoms with Crippen molar-refractivity contribution >= 4 is 12.0 Å². The number of benzene rings is 1. The minimum Gasteiger partial charge on any atom is -0.347 e. The van der Waals surface area contributed by atoms with E-state index in [9.17, 15) is 10.1 Å². The zero-order valence-corrected chi connectivity index (χ0v) is 16.2. The molecular weight excluding hydrogens is 334 g/mol. The topological polar surface area (TPSA) is 57.8 Å². The number of carbonyl (C=O) groups excluding carboxylic acids is 1. The van der Waals surface area contributed by atoms with Crippen LogP contribution >= 0.6 is 0 Å². The molecule has 1 aliphatic carbocycles. The molecule has 1 saturated carbocycles. The highest BCUT2D eigenvalue weighted by Gasteiger charge is 2.20. The normalized spacial score (nSPS) is 15.4. The van der Waals surface area contributed by atoms with E-state index < -0.39 is 0 Å². The molecule has 1 amide bonds. The van der Waals surface area contributed by atoms with E-state index in [0.717, 1.165) is 16.8 Å². The summed E-state index contributed by atoms with van der Waals surface area (Å²) in [5.41, 5.74) is 4.47. The van der Waals surface area contributed by atoms with E-state index in [4.69, 9.17) is 0 Å². The summed E-state index contributed by atoms with van der Waals surface area (Å²) in [6, 6.07) is 14.4. The largest absolute Gasteiger partial charge is 0.347 e. The van der Waals surface area contributed by atoms with Crippen molar-refractivity contribution in [2.24, 2.45) is 0 Å². The number of carbonyl (C=O) groups is 1. The van der Waals surface area contributed by atoms with E-state index in [-0.39, 0.29) is 11.5 Å².